The van der Waals surface area contributed by atoms with Crippen molar-refractivity contribution in [1.29, 1.82) is 0 Å². The zero-order valence-electron chi connectivity index (χ0n) is 9.01. The van der Waals surface area contributed by atoms with E-state index in [1.807, 2.05) is 0 Å². The van der Waals surface area contributed by atoms with E-state index >= 15 is 0 Å². The molecule has 1 aromatic carbocycles. The number of hydrogen-bond acceptors (Lipinski definition) is 3. The minimum absolute atomic E-state index is 0.767. The predicted octanol–water partition coefficient (Wildman–Crippen LogP) is 2.68. The van der Waals surface area contributed by atoms with E-state index in [0.717, 1.165) is 66.1 Å². The zero-order chi connectivity index (χ0) is 11.1. The normalized spacial score (nSPS) is 18.1. The number of hydrogen-bond donors (Lipinski definition) is 1. The van der Waals surface area contributed by atoms with E-state index in [9.17, 15) is 0 Å². The molecule has 2 N–H and O–H groups in total. The lowest BCUT2D eigenvalue weighted by atomic mass is 9.97. The van der Waals surface area contributed by atoms with Gasteiger partial charge in [0.05, 0.1) is 23.4 Å². The summed E-state index contributed by atoms with van der Waals surface area (Å²) < 4.78 is 12.5. The minimum atomic E-state index is 0.767. The van der Waals surface area contributed by atoms with Crippen molar-refractivity contribution in [3.63, 3.8) is 0 Å². The standard InChI is InChI=1S/C12H14BrNO2/c13-9-7-3-1-6-16-12(7)10(14)8-4-2-5-15-11(8)9/h1-6,14H2. The van der Waals surface area contributed by atoms with Gasteiger partial charge in [-0.1, -0.05) is 0 Å². The highest BCUT2D eigenvalue weighted by Crippen LogP contribution is 2.47. The van der Waals surface area contributed by atoms with E-state index in [2.05, 4.69) is 15.9 Å². The Balaban J connectivity index is 2.24. The second-order valence-electron chi connectivity index (χ2n) is 4.25. The molecule has 0 unspecified atom stereocenters. The number of anilines is 1. The third kappa shape index (κ3) is 1.39. The highest BCUT2D eigenvalue weighted by molar-refractivity contribution is 9.10. The molecular formula is C12H14BrNO2. The molecule has 0 radical (unpaired) electrons. The van der Waals surface area contributed by atoms with E-state index in [4.69, 9.17) is 15.2 Å². The van der Waals surface area contributed by atoms with Gasteiger partial charge in [-0.15, -0.1) is 0 Å². The summed E-state index contributed by atoms with van der Waals surface area (Å²) >= 11 is 3.63. The quantitative estimate of drug-likeness (QED) is 0.745. The van der Waals surface area contributed by atoms with Gasteiger partial charge < -0.3 is 15.2 Å². The molecule has 3 nitrogen and oxygen atoms in total. The number of rotatable bonds is 0. The van der Waals surface area contributed by atoms with Gasteiger partial charge in [-0.05, 0) is 41.6 Å². The highest BCUT2D eigenvalue weighted by Gasteiger charge is 2.26. The summed E-state index contributed by atoms with van der Waals surface area (Å²) in [6.07, 6.45) is 4.07. The van der Waals surface area contributed by atoms with Crippen molar-refractivity contribution in [2.45, 2.75) is 25.7 Å². The molecule has 2 aliphatic heterocycles. The van der Waals surface area contributed by atoms with Crippen LogP contribution >= 0.6 is 15.9 Å². The predicted molar refractivity (Wildman–Crippen MR) is 66.2 cm³/mol. The fraction of sp³-hybridized carbons (Fsp3) is 0.500. The number of fused-ring (bicyclic) bond motifs is 2. The third-order valence-corrected chi connectivity index (χ3v) is 4.06. The smallest absolute Gasteiger partial charge is 0.147 e. The molecule has 0 bridgehead atoms. The summed E-state index contributed by atoms with van der Waals surface area (Å²) in [4.78, 5) is 0. The lowest BCUT2D eigenvalue weighted by Gasteiger charge is -2.27. The Morgan fingerprint density at radius 1 is 0.938 bits per heavy atom. The largest absolute Gasteiger partial charge is 0.492 e. The summed E-state index contributed by atoms with van der Waals surface area (Å²) in [6, 6.07) is 0. The molecule has 4 heteroatoms. The second-order valence-corrected chi connectivity index (χ2v) is 5.04. The van der Waals surface area contributed by atoms with E-state index in [0.29, 0.717) is 0 Å². The van der Waals surface area contributed by atoms with E-state index in [-0.39, 0.29) is 0 Å². The molecule has 3 rings (SSSR count). The topological polar surface area (TPSA) is 44.5 Å². The summed E-state index contributed by atoms with van der Waals surface area (Å²) in [5.74, 6) is 1.82. The maximum atomic E-state index is 6.17. The summed E-state index contributed by atoms with van der Waals surface area (Å²) in [6.45, 7) is 1.55. The average molecular weight is 284 g/mol. The summed E-state index contributed by atoms with van der Waals surface area (Å²) in [5.41, 5.74) is 9.23. The first kappa shape index (κ1) is 10.3. The van der Waals surface area contributed by atoms with Crippen molar-refractivity contribution in [2.75, 3.05) is 18.9 Å². The van der Waals surface area contributed by atoms with Gasteiger partial charge in [0.25, 0.3) is 0 Å². The van der Waals surface area contributed by atoms with Crippen LogP contribution in [-0.2, 0) is 12.8 Å². The van der Waals surface area contributed by atoms with Gasteiger partial charge in [0.2, 0.25) is 0 Å². The second kappa shape index (κ2) is 3.84. The molecule has 2 heterocycles. The highest BCUT2D eigenvalue weighted by atomic mass is 79.9. The summed E-state index contributed by atoms with van der Waals surface area (Å²) in [5, 5.41) is 0. The fourth-order valence-corrected chi connectivity index (χ4v) is 3.16. The monoisotopic (exact) mass is 283 g/mol. The van der Waals surface area contributed by atoms with Crippen molar-refractivity contribution in [2.24, 2.45) is 0 Å². The molecule has 0 atom stereocenters. The number of benzene rings is 1. The fourth-order valence-electron chi connectivity index (χ4n) is 2.42. The first-order valence-electron chi connectivity index (χ1n) is 5.67. The van der Waals surface area contributed by atoms with Crippen LogP contribution in [-0.4, -0.2) is 13.2 Å². The van der Waals surface area contributed by atoms with Crippen LogP contribution in [0.5, 0.6) is 11.5 Å². The van der Waals surface area contributed by atoms with Gasteiger partial charge in [0, 0.05) is 11.1 Å². The van der Waals surface area contributed by atoms with Crippen LogP contribution in [0.3, 0.4) is 0 Å². The van der Waals surface area contributed by atoms with Crippen LogP contribution in [0.4, 0.5) is 5.69 Å². The average Bonchev–Trinajstić information content (AvgIpc) is 2.36. The summed E-state index contributed by atoms with van der Waals surface area (Å²) in [7, 11) is 0. The van der Waals surface area contributed by atoms with Gasteiger partial charge >= 0.3 is 0 Å². The molecule has 1 aromatic rings. The Bertz CT molecular complexity index is 367. The van der Waals surface area contributed by atoms with Crippen LogP contribution in [0.15, 0.2) is 4.47 Å². The van der Waals surface area contributed by atoms with Crippen molar-refractivity contribution < 1.29 is 9.47 Å². The maximum absolute atomic E-state index is 6.17. The Hall–Kier alpha value is -0.900. The van der Waals surface area contributed by atoms with E-state index < -0.39 is 0 Å². The zero-order valence-corrected chi connectivity index (χ0v) is 10.6. The third-order valence-electron chi connectivity index (χ3n) is 3.22. The molecule has 0 amide bonds. The molecule has 0 saturated heterocycles. The molecule has 0 fully saturated rings. The van der Waals surface area contributed by atoms with Gasteiger partial charge in [-0.25, -0.2) is 0 Å². The molecule has 16 heavy (non-hydrogen) atoms. The number of nitrogen functional groups attached to an aromatic ring is 1. The van der Waals surface area contributed by atoms with Gasteiger partial charge in [0.1, 0.15) is 11.5 Å². The number of halogens is 1. The SMILES string of the molecule is Nc1c2c(c(Br)c3c1OCCC3)OCCC2. The molecule has 2 aliphatic rings. The van der Waals surface area contributed by atoms with Crippen molar-refractivity contribution in [3.8, 4) is 11.5 Å². The van der Waals surface area contributed by atoms with Gasteiger partial charge in [-0.3, -0.25) is 0 Å². The van der Waals surface area contributed by atoms with Crippen LogP contribution in [0.1, 0.15) is 24.0 Å². The van der Waals surface area contributed by atoms with E-state index in [1.54, 1.807) is 0 Å². The molecule has 86 valence electrons. The van der Waals surface area contributed by atoms with Gasteiger partial charge in [0.15, 0.2) is 0 Å². The van der Waals surface area contributed by atoms with Crippen LogP contribution < -0.4 is 15.2 Å². The Labute approximate surface area is 103 Å². The Morgan fingerprint density at radius 3 is 2.31 bits per heavy atom. The lowest BCUT2D eigenvalue weighted by Crippen LogP contribution is -2.17. The minimum Gasteiger partial charge on any atom is -0.492 e. The van der Waals surface area contributed by atoms with E-state index in [1.165, 1.54) is 5.56 Å². The van der Waals surface area contributed by atoms with Crippen molar-refractivity contribution in [1.82, 2.24) is 0 Å². The molecule has 0 saturated carbocycles. The van der Waals surface area contributed by atoms with Crippen LogP contribution in [0, 0.1) is 0 Å². The first-order valence-corrected chi connectivity index (χ1v) is 6.46. The molecular weight excluding hydrogens is 270 g/mol. The molecule has 0 aromatic heterocycles. The number of nitrogens with two attached hydrogens (primary N) is 1. The lowest BCUT2D eigenvalue weighted by molar-refractivity contribution is 0.272. The van der Waals surface area contributed by atoms with Crippen LogP contribution in [0.2, 0.25) is 0 Å². The Kier molecular flexibility index (Phi) is 2.46. The molecule has 0 aliphatic carbocycles. The van der Waals surface area contributed by atoms with Crippen LogP contribution in [0.25, 0.3) is 0 Å². The number of ether oxygens (including phenoxy) is 2. The van der Waals surface area contributed by atoms with Crippen molar-refractivity contribution >= 4 is 21.6 Å². The van der Waals surface area contributed by atoms with Gasteiger partial charge in [-0.2, -0.15) is 0 Å². The maximum Gasteiger partial charge on any atom is 0.147 e. The van der Waals surface area contributed by atoms with Crippen molar-refractivity contribution in [3.05, 3.63) is 15.6 Å². The first-order chi connectivity index (χ1) is 7.79. The molecule has 0 spiro atoms. The Morgan fingerprint density at radius 2 is 1.56 bits per heavy atom.